The molecule has 1 aromatic rings. The van der Waals surface area contributed by atoms with Crippen molar-refractivity contribution in [1.29, 1.82) is 0 Å². The summed E-state index contributed by atoms with van der Waals surface area (Å²) in [4.78, 5) is 20.3. The van der Waals surface area contributed by atoms with Gasteiger partial charge in [0.25, 0.3) is 6.47 Å². The lowest BCUT2D eigenvalue weighted by Gasteiger charge is -2.27. The number of carbonyl (C=O) groups excluding carboxylic acids is 1. The minimum Gasteiger partial charge on any atom is -0.462 e. The van der Waals surface area contributed by atoms with Crippen LogP contribution in [0, 0.1) is 0 Å². The Balaban J connectivity index is 0.000000246. The van der Waals surface area contributed by atoms with Gasteiger partial charge in [-0.25, -0.2) is 4.98 Å². The Morgan fingerprint density at radius 1 is 1.35 bits per heavy atom. The maximum atomic E-state index is 9.60. The third kappa shape index (κ3) is 6.81. The molecule has 1 aliphatic heterocycles. The van der Waals surface area contributed by atoms with E-state index in [9.17, 15) is 4.79 Å². The summed E-state index contributed by atoms with van der Waals surface area (Å²) in [5, 5.41) is 3.30. The van der Waals surface area contributed by atoms with Gasteiger partial charge in [0.15, 0.2) is 0 Å². The van der Waals surface area contributed by atoms with E-state index in [4.69, 9.17) is 0 Å². The number of ether oxygens (including phenoxy) is 1. The SMILES string of the molecule is Brc1cncc(N2CCNCC2)n1.CC(C)(C)OC=O. The van der Waals surface area contributed by atoms with Crippen molar-refractivity contribution in [1.82, 2.24) is 15.3 Å². The van der Waals surface area contributed by atoms with Gasteiger partial charge >= 0.3 is 0 Å². The van der Waals surface area contributed by atoms with E-state index in [1.165, 1.54) is 0 Å². The monoisotopic (exact) mass is 344 g/mol. The number of hydrogen-bond acceptors (Lipinski definition) is 6. The Kier molecular flexibility index (Phi) is 6.87. The molecule has 6 nitrogen and oxygen atoms in total. The second kappa shape index (κ2) is 8.16. The third-order valence-electron chi connectivity index (χ3n) is 2.44. The smallest absolute Gasteiger partial charge is 0.293 e. The number of anilines is 1. The van der Waals surface area contributed by atoms with Gasteiger partial charge in [0.1, 0.15) is 16.0 Å². The minimum atomic E-state index is -0.318. The number of rotatable bonds is 2. The van der Waals surface area contributed by atoms with E-state index in [0.29, 0.717) is 6.47 Å². The summed E-state index contributed by atoms with van der Waals surface area (Å²) in [6.45, 7) is 9.98. The van der Waals surface area contributed by atoms with Crippen molar-refractivity contribution < 1.29 is 9.53 Å². The van der Waals surface area contributed by atoms with E-state index in [-0.39, 0.29) is 5.60 Å². The van der Waals surface area contributed by atoms with Crippen LogP contribution < -0.4 is 10.2 Å². The van der Waals surface area contributed by atoms with Gasteiger partial charge < -0.3 is 15.0 Å². The first-order valence-electron chi connectivity index (χ1n) is 6.47. The number of nitrogens with zero attached hydrogens (tertiary/aromatic N) is 3. The molecular weight excluding hydrogens is 324 g/mol. The molecule has 0 unspecified atom stereocenters. The molecule has 0 spiro atoms. The Morgan fingerprint density at radius 2 is 2.00 bits per heavy atom. The lowest BCUT2D eigenvalue weighted by Crippen LogP contribution is -2.43. The Labute approximate surface area is 128 Å². The van der Waals surface area contributed by atoms with Gasteiger partial charge in [-0.3, -0.25) is 9.78 Å². The molecule has 0 atom stereocenters. The van der Waals surface area contributed by atoms with E-state index >= 15 is 0 Å². The molecular formula is C13H21BrN4O2. The van der Waals surface area contributed by atoms with Crippen LogP contribution >= 0.6 is 15.9 Å². The number of aromatic nitrogens is 2. The standard InChI is InChI=1S/C8H11BrN4.C5H10O2/c9-7-5-11-6-8(12-7)13-3-1-10-2-4-13;1-5(2,3)7-4-6/h5-6,10H,1-4H2;4H,1-3H3. The third-order valence-corrected chi connectivity index (χ3v) is 2.82. The summed E-state index contributed by atoms with van der Waals surface area (Å²) in [7, 11) is 0. The predicted octanol–water partition coefficient (Wildman–Crippen LogP) is 1.61. The van der Waals surface area contributed by atoms with Crippen LogP contribution in [0.4, 0.5) is 5.82 Å². The largest absolute Gasteiger partial charge is 0.462 e. The van der Waals surface area contributed by atoms with Crippen LogP contribution in [0.1, 0.15) is 20.8 Å². The number of carbonyl (C=O) groups is 1. The Morgan fingerprint density at radius 3 is 2.45 bits per heavy atom. The van der Waals surface area contributed by atoms with E-state index in [1.807, 2.05) is 20.8 Å². The normalized spacial score (nSPS) is 15.1. The van der Waals surface area contributed by atoms with Crippen LogP contribution in [0.3, 0.4) is 0 Å². The van der Waals surface area contributed by atoms with Crippen LogP contribution in [-0.4, -0.2) is 48.2 Å². The van der Waals surface area contributed by atoms with Gasteiger partial charge in [-0.15, -0.1) is 0 Å². The highest BCUT2D eigenvalue weighted by Gasteiger charge is 2.11. The predicted molar refractivity (Wildman–Crippen MR) is 81.7 cm³/mol. The molecule has 0 aromatic carbocycles. The van der Waals surface area contributed by atoms with E-state index in [0.717, 1.165) is 36.6 Å². The molecule has 0 saturated carbocycles. The highest BCUT2D eigenvalue weighted by molar-refractivity contribution is 9.10. The molecule has 0 bridgehead atoms. The first kappa shape index (κ1) is 16.8. The fraction of sp³-hybridized carbons (Fsp3) is 0.615. The first-order valence-corrected chi connectivity index (χ1v) is 7.26. The van der Waals surface area contributed by atoms with Crippen LogP contribution in [0.2, 0.25) is 0 Å². The zero-order valence-electron chi connectivity index (χ0n) is 12.1. The molecule has 1 N–H and O–H groups in total. The zero-order chi connectivity index (χ0) is 15.0. The van der Waals surface area contributed by atoms with Crippen molar-refractivity contribution in [2.24, 2.45) is 0 Å². The number of piperazine rings is 1. The second-order valence-electron chi connectivity index (χ2n) is 5.26. The molecule has 1 aromatic heterocycles. The number of hydrogen-bond donors (Lipinski definition) is 1. The fourth-order valence-electron chi connectivity index (χ4n) is 1.52. The summed E-state index contributed by atoms with van der Waals surface area (Å²) >= 11 is 3.31. The van der Waals surface area contributed by atoms with Crippen LogP contribution in [0.15, 0.2) is 17.0 Å². The maximum absolute atomic E-state index is 9.60. The maximum Gasteiger partial charge on any atom is 0.293 e. The van der Waals surface area contributed by atoms with Crippen molar-refractivity contribution in [3.63, 3.8) is 0 Å². The van der Waals surface area contributed by atoms with Gasteiger partial charge in [-0.1, -0.05) is 0 Å². The Bertz CT molecular complexity index is 417. The van der Waals surface area contributed by atoms with E-state index in [1.54, 1.807) is 12.4 Å². The summed E-state index contributed by atoms with van der Waals surface area (Å²) in [6.07, 6.45) is 3.50. The molecule has 20 heavy (non-hydrogen) atoms. The molecule has 112 valence electrons. The van der Waals surface area contributed by atoms with Gasteiger partial charge in [0.2, 0.25) is 0 Å². The average molecular weight is 345 g/mol. The summed E-state index contributed by atoms with van der Waals surface area (Å²) in [6, 6.07) is 0. The molecule has 1 aliphatic rings. The van der Waals surface area contributed by atoms with Gasteiger partial charge in [-0.2, -0.15) is 0 Å². The second-order valence-corrected chi connectivity index (χ2v) is 6.08. The van der Waals surface area contributed by atoms with Gasteiger partial charge in [-0.05, 0) is 36.7 Å². The quantitative estimate of drug-likeness (QED) is 0.822. The van der Waals surface area contributed by atoms with Gasteiger partial charge in [0, 0.05) is 26.2 Å². The molecule has 7 heteroatoms. The van der Waals surface area contributed by atoms with E-state index in [2.05, 4.69) is 40.9 Å². The van der Waals surface area contributed by atoms with Crippen molar-refractivity contribution in [2.45, 2.75) is 26.4 Å². The first-order chi connectivity index (χ1) is 9.42. The topological polar surface area (TPSA) is 67.3 Å². The zero-order valence-corrected chi connectivity index (χ0v) is 13.7. The van der Waals surface area contributed by atoms with Crippen molar-refractivity contribution in [3.05, 3.63) is 17.0 Å². The molecule has 2 rings (SSSR count). The fourth-order valence-corrected chi connectivity index (χ4v) is 1.82. The molecule has 0 radical (unpaired) electrons. The number of nitrogens with one attached hydrogen (secondary N) is 1. The van der Waals surface area contributed by atoms with Crippen molar-refractivity contribution in [2.75, 3.05) is 31.1 Å². The van der Waals surface area contributed by atoms with Crippen LogP contribution in [0.5, 0.6) is 0 Å². The summed E-state index contributed by atoms with van der Waals surface area (Å²) < 4.78 is 5.34. The van der Waals surface area contributed by atoms with E-state index < -0.39 is 0 Å². The average Bonchev–Trinajstić information content (AvgIpc) is 2.39. The highest BCUT2D eigenvalue weighted by Crippen LogP contribution is 2.13. The molecule has 0 amide bonds. The number of halogens is 1. The lowest BCUT2D eigenvalue weighted by atomic mass is 10.2. The lowest BCUT2D eigenvalue weighted by molar-refractivity contribution is -0.138. The highest BCUT2D eigenvalue weighted by atomic mass is 79.9. The molecule has 2 heterocycles. The van der Waals surface area contributed by atoms with Crippen LogP contribution in [-0.2, 0) is 9.53 Å². The minimum absolute atomic E-state index is 0.318. The summed E-state index contributed by atoms with van der Waals surface area (Å²) in [5.41, 5.74) is -0.318. The van der Waals surface area contributed by atoms with Crippen molar-refractivity contribution in [3.8, 4) is 0 Å². The Hall–Kier alpha value is -1.21. The summed E-state index contributed by atoms with van der Waals surface area (Å²) in [5.74, 6) is 0.955. The molecule has 0 aliphatic carbocycles. The van der Waals surface area contributed by atoms with Crippen LogP contribution in [0.25, 0.3) is 0 Å². The van der Waals surface area contributed by atoms with Gasteiger partial charge in [0.05, 0.1) is 12.4 Å². The molecule has 1 fully saturated rings. The molecule has 1 saturated heterocycles. The van der Waals surface area contributed by atoms with Crippen molar-refractivity contribution >= 4 is 28.2 Å².